The van der Waals surface area contributed by atoms with Crippen LogP contribution in [0.5, 0.6) is 0 Å². The molecule has 1 saturated heterocycles. The Morgan fingerprint density at radius 1 is 1.38 bits per heavy atom. The lowest BCUT2D eigenvalue weighted by Crippen LogP contribution is -2.44. The fraction of sp³-hybridized carbons (Fsp3) is 0.643. The van der Waals surface area contributed by atoms with Gasteiger partial charge < -0.3 is 4.90 Å². The molecule has 2 heteroatoms. The van der Waals surface area contributed by atoms with Gasteiger partial charge in [-0.2, -0.15) is 0 Å². The van der Waals surface area contributed by atoms with Crippen LogP contribution in [0.15, 0.2) is 24.4 Å². The quantitative estimate of drug-likeness (QED) is 0.754. The van der Waals surface area contributed by atoms with E-state index in [1.807, 2.05) is 12.3 Å². The molecule has 1 unspecified atom stereocenters. The average molecular weight is 216 g/mol. The second-order valence-electron chi connectivity index (χ2n) is 5.42. The highest BCUT2D eigenvalue weighted by Gasteiger charge is 2.47. The molecule has 1 saturated carbocycles. The van der Waals surface area contributed by atoms with Crippen LogP contribution in [0.2, 0.25) is 0 Å². The SMILES string of the molecule is CCC1CCC2(CC2)CN1c1ccccn1. The minimum Gasteiger partial charge on any atom is -0.353 e. The molecule has 0 bridgehead atoms. The minimum atomic E-state index is 0.670. The lowest BCUT2D eigenvalue weighted by Gasteiger charge is -2.40. The number of anilines is 1. The van der Waals surface area contributed by atoms with E-state index in [1.165, 1.54) is 44.5 Å². The Morgan fingerprint density at radius 3 is 2.88 bits per heavy atom. The summed E-state index contributed by atoms with van der Waals surface area (Å²) in [7, 11) is 0. The number of aromatic nitrogens is 1. The summed E-state index contributed by atoms with van der Waals surface area (Å²) in [5.41, 5.74) is 0.670. The first-order chi connectivity index (χ1) is 7.83. The van der Waals surface area contributed by atoms with Crippen LogP contribution in [0.25, 0.3) is 0 Å². The number of rotatable bonds is 2. The first kappa shape index (κ1) is 10.1. The summed E-state index contributed by atoms with van der Waals surface area (Å²) < 4.78 is 0. The van der Waals surface area contributed by atoms with E-state index in [0.29, 0.717) is 11.5 Å². The largest absolute Gasteiger partial charge is 0.353 e. The van der Waals surface area contributed by atoms with Gasteiger partial charge in [-0.3, -0.25) is 0 Å². The number of hydrogen-bond acceptors (Lipinski definition) is 2. The predicted octanol–water partition coefficient (Wildman–Crippen LogP) is 3.24. The van der Waals surface area contributed by atoms with Crippen molar-refractivity contribution in [3.05, 3.63) is 24.4 Å². The molecule has 3 rings (SSSR count). The molecule has 0 N–H and O–H groups in total. The average Bonchev–Trinajstić information content (AvgIpc) is 3.10. The molecule has 86 valence electrons. The van der Waals surface area contributed by atoms with Crippen LogP contribution in [-0.2, 0) is 0 Å². The van der Waals surface area contributed by atoms with Gasteiger partial charge in [-0.25, -0.2) is 4.98 Å². The molecule has 2 fully saturated rings. The third-order valence-electron chi connectivity index (χ3n) is 4.33. The molecule has 1 aliphatic heterocycles. The van der Waals surface area contributed by atoms with E-state index in [0.717, 1.165) is 0 Å². The molecule has 1 aromatic heterocycles. The second-order valence-corrected chi connectivity index (χ2v) is 5.42. The minimum absolute atomic E-state index is 0.670. The maximum absolute atomic E-state index is 4.52. The topological polar surface area (TPSA) is 16.1 Å². The van der Waals surface area contributed by atoms with Crippen molar-refractivity contribution in [2.75, 3.05) is 11.4 Å². The normalized spacial score (nSPS) is 27.1. The highest BCUT2D eigenvalue weighted by Crippen LogP contribution is 2.53. The molecule has 1 spiro atoms. The zero-order valence-electron chi connectivity index (χ0n) is 10.0. The summed E-state index contributed by atoms with van der Waals surface area (Å²) in [5, 5.41) is 0. The monoisotopic (exact) mass is 216 g/mol. The van der Waals surface area contributed by atoms with Gasteiger partial charge >= 0.3 is 0 Å². The lowest BCUT2D eigenvalue weighted by atomic mass is 9.89. The summed E-state index contributed by atoms with van der Waals surface area (Å²) in [6.45, 7) is 3.54. The van der Waals surface area contributed by atoms with Crippen molar-refractivity contribution in [2.24, 2.45) is 5.41 Å². The van der Waals surface area contributed by atoms with Crippen molar-refractivity contribution in [2.45, 2.75) is 45.1 Å². The summed E-state index contributed by atoms with van der Waals surface area (Å²) in [4.78, 5) is 7.07. The Kier molecular flexibility index (Phi) is 2.38. The zero-order valence-corrected chi connectivity index (χ0v) is 10.0. The van der Waals surface area contributed by atoms with Gasteiger partial charge in [0.15, 0.2) is 0 Å². The van der Waals surface area contributed by atoms with Gasteiger partial charge in [0.25, 0.3) is 0 Å². The van der Waals surface area contributed by atoms with Crippen molar-refractivity contribution in [1.29, 1.82) is 0 Å². The van der Waals surface area contributed by atoms with Gasteiger partial charge in [0.2, 0.25) is 0 Å². The molecule has 0 amide bonds. The van der Waals surface area contributed by atoms with Crippen LogP contribution in [-0.4, -0.2) is 17.6 Å². The first-order valence-electron chi connectivity index (χ1n) is 6.51. The van der Waals surface area contributed by atoms with Crippen molar-refractivity contribution < 1.29 is 0 Å². The van der Waals surface area contributed by atoms with E-state index >= 15 is 0 Å². The predicted molar refractivity (Wildman–Crippen MR) is 66.6 cm³/mol. The van der Waals surface area contributed by atoms with E-state index < -0.39 is 0 Å². The van der Waals surface area contributed by atoms with Crippen molar-refractivity contribution in [3.63, 3.8) is 0 Å². The Labute approximate surface area is 97.7 Å². The fourth-order valence-electron chi connectivity index (χ4n) is 3.00. The van der Waals surface area contributed by atoms with E-state index in [2.05, 4.69) is 28.9 Å². The third-order valence-corrected chi connectivity index (χ3v) is 4.33. The van der Waals surface area contributed by atoms with Crippen LogP contribution in [0.3, 0.4) is 0 Å². The first-order valence-corrected chi connectivity index (χ1v) is 6.51. The van der Waals surface area contributed by atoms with E-state index in [4.69, 9.17) is 0 Å². The fourth-order valence-corrected chi connectivity index (χ4v) is 3.00. The molecule has 1 atom stereocenters. The molecule has 0 aromatic carbocycles. The Bertz CT molecular complexity index is 356. The van der Waals surface area contributed by atoms with Crippen LogP contribution in [0.4, 0.5) is 5.82 Å². The van der Waals surface area contributed by atoms with Gasteiger partial charge in [-0.05, 0) is 49.7 Å². The van der Waals surface area contributed by atoms with Crippen molar-refractivity contribution in [1.82, 2.24) is 4.98 Å². The van der Waals surface area contributed by atoms with Crippen LogP contribution in [0, 0.1) is 5.41 Å². The van der Waals surface area contributed by atoms with Crippen molar-refractivity contribution in [3.8, 4) is 0 Å². The highest BCUT2D eigenvalue weighted by molar-refractivity contribution is 5.41. The molecular weight excluding hydrogens is 196 g/mol. The Hall–Kier alpha value is -1.05. The van der Waals surface area contributed by atoms with Crippen molar-refractivity contribution >= 4 is 5.82 Å². The number of pyridine rings is 1. The number of piperidine rings is 1. The van der Waals surface area contributed by atoms with Gasteiger partial charge in [-0.1, -0.05) is 13.0 Å². The van der Waals surface area contributed by atoms with Gasteiger partial charge in [0.1, 0.15) is 5.82 Å². The lowest BCUT2D eigenvalue weighted by molar-refractivity contribution is 0.330. The van der Waals surface area contributed by atoms with Crippen LogP contribution >= 0.6 is 0 Å². The highest BCUT2D eigenvalue weighted by atomic mass is 15.2. The third kappa shape index (κ3) is 1.70. The second kappa shape index (κ2) is 3.76. The van der Waals surface area contributed by atoms with Gasteiger partial charge in [0.05, 0.1) is 0 Å². The molecule has 2 aliphatic rings. The molecule has 0 radical (unpaired) electrons. The molecule has 1 aliphatic carbocycles. The Balaban J connectivity index is 1.84. The van der Waals surface area contributed by atoms with Gasteiger partial charge in [-0.15, -0.1) is 0 Å². The van der Waals surface area contributed by atoms with E-state index in [9.17, 15) is 0 Å². The smallest absolute Gasteiger partial charge is 0.128 e. The van der Waals surface area contributed by atoms with Crippen LogP contribution in [0.1, 0.15) is 39.0 Å². The standard InChI is InChI=1S/C14H20N2/c1-2-12-6-7-14(8-9-14)11-16(12)13-5-3-4-10-15-13/h3-5,10,12H,2,6-9,11H2,1H3. The molecule has 1 aromatic rings. The molecule has 16 heavy (non-hydrogen) atoms. The molecule has 2 heterocycles. The summed E-state index contributed by atoms with van der Waals surface area (Å²) in [5.74, 6) is 1.18. The zero-order chi connectivity index (χ0) is 11.0. The summed E-state index contributed by atoms with van der Waals surface area (Å²) >= 11 is 0. The summed E-state index contributed by atoms with van der Waals surface area (Å²) in [6.07, 6.45) is 8.82. The maximum Gasteiger partial charge on any atom is 0.128 e. The number of nitrogens with zero attached hydrogens (tertiary/aromatic N) is 2. The summed E-state index contributed by atoms with van der Waals surface area (Å²) in [6, 6.07) is 6.97. The van der Waals surface area contributed by atoms with E-state index in [-0.39, 0.29) is 0 Å². The van der Waals surface area contributed by atoms with Crippen LogP contribution < -0.4 is 4.90 Å². The van der Waals surface area contributed by atoms with Gasteiger partial charge in [0, 0.05) is 18.8 Å². The molecule has 2 nitrogen and oxygen atoms in total. The Morgan fingerprint density at radius 2 is 2.25 bits per heavy atom. The van der Waals surface area contributed by atoms with E-state index in [1.54, 1.807) is 0 Å². The maximum atomic E-state index is 4.52. The number of hydrogen-bond donors (Lipinski definition) is 0. The molecular formula is C14H20N2.